The maximum Gasteiger partial charge on any atom is 0.265 e. The first-order valence-corrected chi connectivity index (χ1v) is 10.6. The van der Waals surface area contributed by atoms with Gasteiger partial charge in [0.05, 0.1) is 4.90 Å². The fourth-order valence-corrected chi connectivity index (χ4v) is 3.40. The molecule has 8 heteroatoms. The van der Waals surface area contributed by atoms with Crippen molar-refractivity contribution in [3.05, 3.63) is 54.6 Å². The number of sulfonamides is 1. The fraction of sp³-hybridized carbons (Fsp3) is 0.350. The van der Waals surface area contributed by atoms with Crippen LogP contribution in [0.4, 0.5) is 5.69 Å². The minimum Gasteiger partial charge on any atom is -0.481 e. The summed E-state index contributed by atoms with van der Waals surface area (Å²) in [5, 5.41) is 2.71. The van der Waals surface area contributed by atoms with Crippen LogP contribution < -0.4 is 14.8 Å². The Labute approximate surface area is 166 Å². The lowest BCUT2D eigenvalue weighted by Gasteiger charge is -2.15. The van der Waals surface area contributed by atoms with Gasteiger partial charge in [0, 0.05) is 25.4 Å². The van der Waals surface area contributed by atoms with E-state index in [2.05, 4.69) is 10.0 Å². The van der Waals surface area contributed by atoms with Crippen LogP contribution in [0.5, 0.6) is 5.75 Å². The van der Waals surface area contributed by atoms with Gasteiger partial charge in [0.2, 0.25) is 10.0 Å². The Balaban J connectivity index is 1.88. The van der Waals surface area contributed by atoms with Gasteiger partial charge in [0.15, 0.2) is 6.10 Å². The standard InChI is InChI=1S/C20H26N2O5S/c1-3-26-15-7-14-21-28(24,25)19-12-10-17(11-13-19)22-20(23)16(2)27-18-8-5-4-6-9-18/h4-6,8-13,16,21H,3,7,14-15H2,1-2H3,(H,22,23). The lowest BCUT2D eigenvalue weighted by molar-refractivity contribution is -0.122. The summed E-state index contributed by atoms with van der Waals surface area (Å²) in [5.41, 5.74) is 0.490. The van der Waals surface area contributed by atoms with Crippen LogP contribution in [0.2, 0.25) is 0 Å². The van der Waals surface area contributed by atoms with Gasteiger partial charge in [0.25, 0.3) is 5.91 Å². The smallest absolute Gasteiger partial charge is 0.265 e. The van der Waals surface area contributed by atoms with Crippen LogP contribution in [0.1, 0.15) is 20.3 Å². The maximum absolute atomic E-state index is 12.3. The summed E-state index contributed by atoms with van der Waals surface area (Å²) < 4.78 is 37.8. The second-order valence-electron chi connectivity index (χ2n) is 6.04. The maximum atomic E-state index is 12.3. The number of carbonyl (C=O) groups excluding carboxylic acids is 1. The van der Waals surface area contributed by atoms with Gasteiger partial charge < -0.3 is 14.8 Å². The van der Waals surface area contributed by atoms with Gasteiger partial charge in [0.1, 0.15) is 5.75 Å². The van der Waals surface area contributed by atoms with E-state index in [0.29, 0.717) is 37.6 Å². The molecule has 0 saturated heterocycles. The Morgan fingerprint density at radius 2 is 1.75 bits per heavy atom. The van der Waals surface area contributed by atoms with Crippen LogP contribution in [-0.4, -0.2) is 40.2 Å². The summed E-state index contributed by atoms with van der Waals surface area (Å²) in [4.78, 5) is 12.4. The zero-order chi connectivity index (χ0) is 20.4. The van der Waals surface area contributed by atoms with Crippen molar-refractivity contribution in [2.24, 2.45) is 0 Å². The first kappa shape index (κ1) is 21.9. The van der Waals surface area contributed by atoms with E-state index in [9.17, 15) is 13.2 Å². The Kier molecular flexibility index (Phi) is 8.43. The van der Waals surface area contributed by atoms with Crippen molar-refractivity contribution in [2.45, 2.75) is 31.3 Å². The van der Waals surface area contributed by atoms with Crippen molar-refractivity contribution in [1.29, 1.82) is 0 Å². The molecule has 152 valence electrons. The van der Waals surface area contributed by atoms with Crippen LogP contribution in [0.3, 0.4) is 0 Å². The van der Waals surface area contributed by atoms with Gasteiger partial charge in [-0.25, -0.2) is 13.1 Å². The molecule has 2 rings (SSSR count). The van der Waals surface area contributed by atoms with Gasteiger partial charge in [-0.3, -0.25) is 4.79 Å². The van der Waals surface area contributed by atoms with E-state index < -0.39 is 16.1 Å². The molecule has 7 nitrogen and oxygen atoms in total. The van der Waals surface area contributed by atoms with Crippen molar-refractivity contribution in [3.63, 3.8) is 0 Å². The Morgan fingerprint density at radius 3 is 2.39 bits per heavy atom. The number of rotatable bonds is 11. The van der Waals surface area contributed by atoms with Crippen molar-refractivity contribution in [3.8, 4) is 5.75 Å². The van der Waals surface area contributed by atoms with Crippen molar-refractivity contribution >= 4 is 21.6 Å². The number of para-hydroxylation sites is 1. The molecule has 1 atom stereocenters. The van der Waals surface area contributed by atoms with Crippen molar-refractivity contribution in [1.82, 2.24) is 4.72 Å². The second kappa shape index (κ2) is 10.8. The average molecular weight is 407 g/mol. The molecule has 28 heavy (non-hydrogen) atoms. The third kappa shape index (κ3) is 6.95. The number of ether oxygens (including phenoxy) is 2. The number of benzene rings is 2. The van der Waals surface area contributed by atoms with Crippen LogP contribution in [0, 0.1) is 0 Å². The van der Waals surface area contributed by atoms with Gasteiger partial charge >= 0.3 is 0 Å². The van der Waals surface area contributed by atoms with Crippen LogP contribution in [-0.2, 0) is 19.6 Å². The molecule has 0 fully saturated rings. The highest BCUT2D eigenvalue weighted by molar-refractivity contribution is 7.89. The number of hydrogen-bond donors (Lipinski definition) is 2. The highest BCUT2D eigenvalue weighted by Gasteiger charge is 2.16. The number of hydrogen-bond acceptors (Lipinski definition) is 5. The molecule has 0 aliphatic heterocycles. The number of nitrogens with one attached hydrogen (secondary N) is 2. The zero-order valence-electron chi connectivity index (χ0n) is 16.1. The first-order valence-electron chi connectivity index (χ1n) is 9.12. The molecule has 0 saturated carbocycles. The fourth-order valence-electron chi connectivity index (χ4n) is 2.33. The monoisotopic (exact) mass is 406 g/mol. The summed E-state index contributed by atoms with van der Waals surface area (Å²) in [5.74, 6) is 0.274. The molecule has 0 spiro atoms. The molecule has 0 heterocycles. The Bertz CT molecular complexity index is 839. The quantitative estimate of drug-likeness (QED) is 0.560. The average Bonchev–Trinajstić information content (AvgIpc) is 2.69. The van der Waals surface area contributed by atoms with E-state index in [1.54, 1.807) is 31.2 Å². The lowest BCUT2D eigenvalue weighted by Crippen LogP contribution is -2.30. The van der Waals surface area contributed by atoms with Crippen LogP contribution >= 0.6 is 0 Å². The predicted octanol–water partition coefficient (Wildman–Crippen LogP) is 2.80. The summed E-state index contributed by atoms with van der Waals surface area (Å²) in [6.07, 6.45) is -0.0987. The molecule has 1 amide bonds. The molecule has 2 aromatic rings. The molecule has 0 aromatic heterocycles. The van der Waals surface area contributed by atoms with E-state index >= 15 is 0 Å². The minimum absolute atomic E-state index is 0.135. The molecule has 0 bridgehead atoms. The molecule has 0 aliphatic rings. The SMILES string of the molecule is CCOCCCNS(=O)(=O)c1ccc(NC(=O)C(C)Oc2ccccc2)cc1. The molecular weight excluding hydrogens is 380 g/mol. The summed E-state index contributed by atoms with van der Waals surface area (Å²) in [6, 6.07) is 15.0. The highest BCUT2D eigenvalue weighted by Crippen LogP contribution is 2.16. The summed E-state index contributed by atoms with van der Waals surface area (Å²) in [6.45, 7) is 4.95. The van der Waals surface area contributed by atoms with Crippen LogP contribution in [0.25, 0.3) is 0 Å². The zero-order valence-corrected chi connectivity index (χ0v) is 16.9. The molecular formula is C20H26N2O5S. The van der Waals surface area contributed by atoms with Crippen LogP contribution in [0.15, 0.2) is 59.5 Å². The van der Waals surface area contributed by atoms with Gasteiger partial charge in [-0.2, -0.15) is 0 Å². The summed E-state index contributed by atoms with van der Waals surface area (Å²) >= 11 is 0. The largest absolute Gasteiger partial charge is 0.481 e. The number of anilines is 1. The number of amides is 1. The third-order valence-electron chi connectivity index (χ3n) is 3.82. The molecule has 0 aliphatic carbocycles. The predicted molar refractivity (Wildman–Crippen MR) is 108 cm³/mol. The Hall–Kier alpha value is -2.42. The number of carbonyl (C=O) groups is 1. The van der Waals surface area contributed by atoms with E-state index in [1.807, 2.05) is 25.1 Å². The molecule has 0 radical (unpaired) electrons. The van der Waals surface area contributed by atoms with E-state index in [-0.39, 0.29) is 10.8 Å². The first-order chi connectivity index (χ1) is 13.4. The van der Waals surface area contributed by atoms with E-state index in [4.69, 9.17) is 9.47 Å². The van der Waals surface area contributed by atoms with Crippen molar-refractivity contribution in [2.75, 3.05) is 25.1 Å². The molecule has 2 aromatic carbocycles. The van der Waals surface area contributed by atoms with Crippen molar-refractivity contribution < 1.29 is 22.7 Å². The normalized spacial score (nSPS) is 12.4. The third-order valence-corrected chi connectivity index (χ3v) is 5.30. The van der Waals surface area contributed by atoms with Gasteiger partial charge in [-0.1, -0.05) is 18.2 Å². The van der Waals surface area contributed by atoms with E-state index in [0.717, 1.165) is 0 Å². The highest BCUT2D eigenvalue weighted by atomic mass is 32.2. The Morgan fingerprint density at radius 1 is 1.07 bits per heavy atom. The second-order valence-corrected chi connectivity index (χ2v) is 7.80. The molecule has 2 N–H and O–H groups in total. The topological polar surface area (TPSA) is 93.7 Å². The molecule has 1 unspecified atom stereocenters. The van der Waals surface area contributed by atoms with Gasteiger partial charge in [-0.15, -0.1) is 0 Å². The minimum atomic E-state index is -3.59. The summed E-state index contributed by atoms with van der Waals surface area (Å²) in [7, 11) is -3.59. The van der Waals surface area contributed by atoms with E-state index in [1.165, 1.54) is 12.1 Å². The van der Waals surface area contributed by atoms with Gasteiger partial charge in [-0.05, 0) is 56.7 Å². The lowest BCUT2D eigenvalue weighted by atomic mass is 10.3.